The molecule has 1 rings (SSSR count). The number of carbonyl (C=O) groups is 1. The first-order chi connectivity index (χ1) is 8.09. The van der Waals surface area contributed by atoms with E-state index in [0.29, 0.717) is 0 Å². The molecule has 0 unspecified atom stereocenters. The summed E-state index contributed by atoms with van der Waals surface area (Å²) in [4.78, 5) is 11.2. The topological polar surface area (TPSA) is 80.7 Å². The monoisotopic (exact) mass is 298 g/mol. The molecule has 0 heterocycles. The molecule has 0 amide bonds. The molecule has 102 valence electrons. The van der Waals surface area contributed by atoms with Crippen LogP contribution >= 0.6 is 10.7 Å². The van der Waals surface area contributed by atoms with Crippen LogP contribution in [0.2, 0.25) is 0 Å². The van der Waals surface area contributed by atoms with Gasteiger partial charge in [0, 0.05) is 10.7 Å². The van der Waals surface area contributed by atoms with Crippen LogP contribution in [-0.2, 0) is 14.1 Å². The number of hydrogen-bond acceptors (Lipinski definition) is 4. The van der Waals surface area contributed by atoms with Crippen molar-refractivity contribution in [2.24, 2.45) is 0 Å². The van der Waals surface area contributed by atoms with Crippen molar-refractivity contribution in [2.45, 2.75) is 20.0 Å². The molecule has 0 aliphatic rings. The van der Waals surface area contributed by atoms with E-state index in [2.05, 4.69) is 10.7 Å². The van der Waals surface area contributed by atoms with Crippen LogP contribution in [0.4, 0.5) is 4.39 Å². The van der Waals surface area contributed by atoms with Crippen molar-refractivity contribution in [3.63, 3.8) is 0 Å². The standard InChI is InChI=1S/C10H11FO2.ClHO3S/c1-7(2)13-10(12)8-4-3-5-9(11)6-8;1-5(2,3)4/h3-7H,1-2H3;(H,2,3,4). The van der Waals surface area contributed by atoms with E-state index in [0.717, 1.165) is 6.07 Å². The lowest BCUT2D eigenvalue weighted by Gasteiger charge is -2.07. The summed E-state index contributed by atoms with van der Waals surface area (Å²) in [6.45, 7) is 3.49. The number of esters is 1. The maximum Gasteiger partial charge on any atom is 0.353 e. The second-order valence-corrected chi connectivity index (χ2v) is 5.37. The SMILES string of the molecule is CC(C)OC(=O)c1cccc(F)c1.O=S(=O)(O)Cl. The van der Waals surface area contributed by atoms with Crippen LogP contribution < -0.4 is 0 Å². The van der Waals surface area contributed by atoms with Crippen molar-refractivity contribution in [2.75, 3.05) is 0 Å². The van der Waals surface area contributed by atoms with E-state index in [1.807, 2.05) is 0 Å². The summed E-state index contributed by atoms with van der Waals surface area (Å²) in [5.41, 5.74) is 0.244. The van der Waals surface area contributed by atoms with Gasteiger partial charge in [-0.3, -0.25) is 4.55 Å². The van der Waals surface area contributed by atoms with E-state index in [1.54, 1.807) is 13.8 Å². The van der Waals surface area contributed by atoms with E-state index in [-0.39, 0.29) is 11.7 Å². The molecule has 0 aliphatic heterocycles. The smallest absolute Gasteiger partial charge is 0.353 e. The fourth-order valence-electron chi connectivity index (χ4n) is 0.898. The Morgan fingerprint density at radius 3 is 2.33 bits per heavy atom. The summed E-state index contributed by atoms with van der Waals surface area (Å²) in [5, 5.41) is 0. The highest BCUT2D eigenvalue weighted by atomic mass is 35.7. The quantitative estimate of drug-likeness (QED) is 0.515. The lowest BCUT2D eigenvalue weighted by atomic mass is 10.2. The van der Waals surface area contributed by atoms with Gasteiger partial charge in [0.15, 0.2) is 0 Å². The van der Waals surface area contributed by atoms with E-state index in [1.165, 1.54) is 18.2 Å². The first kappa shape index (κ1) is 16.8. The maximum absolute atomic E-state index is 12.7. The largest absolute Gasteiger partial charge is 0.459 e. The number of halogens is 2. The van der Waals surface area contributed by atoms with Crippen molar-refractivity contribution in [3.05, 3.63) is 35.6 Å². The Balaban J connectivity index is 0.000000494. The molecule has 8 heteroatoms. The Hall–Kier alpha value is -1.18. The van der Waals surface area contributed by atoms with Crippen molar-refractivity contribution in [1.82, 2.24) is 0 Å². The number of carbonyl (C=O) groups excluding carboxylic acids is 1. The minimum atomic E-state index is -4.19. The zero-order chi connectivity index (χ0) is 14.3. The van der Waals surface area contributed by atoms with Gasteiger partial charge in [0.2, 0.25) is 0 Å². The van der Waals surface area contributed by atoms with E-state index in [4.69, 9.17) is 17.7 Å². The average molecular weight is 299 g/mol. The van der Waals surface area contributed by atoms with Crippen molar-refractivity contribution in [3.8, 4) is 0 Å². The molecule has 0 radical (unpaired) electrons. The second-order valence-electron chi connectivity index (χ2n) is 3.38. The van der Waals surface area contributed by atoms with Crippen molar-refractivity contribution >= 4 is 26.0 Å². The molecular weight excluding hydrogens is 287 g/mol. The number of benzene rings is 1. The zero-order valence-corrected chi connectivity index (χ0v) is 11.2. The van der Waals surface area contributed by atoms with Gasteiger partial charge in [-0.05, 0) is 32.0 Å². The van der Waals surface area contributed by atoms with Crippen LogP contribution in [0.25, 0.3) is 0 Å². The molecule has 1 N–H and O–H groups in total. The minimum Gasteiger partial charge on any atom is -0.459 e. The predicted molar refractivity (Wildman–Crippen MR) is 64.4 cm³/mol. The van der Waals surface area contributed by atoms with Crippen LogP contribution in [0, 0.1) is 5.82 Å². The van der Waals surface area contributed by atoms with E-state index >= 15 is 0 Å². The first-order valence-electron chi connectivity index (χ1n) is 4.73. The third kappa shape index (κ3) is 10.0. The molecule has 1 aromatic rings. The third-order valence-corrected chi connectivity index (χ3v) is 1.40. The highest BCUT2D eigenvalue weighted by Gasteiger charge is 2.08. The summed E-state index contributed by atoms with van der Waals surface area (Å²) in [5.74, 6) is -0.923. The molecule has 0 aromatic heterocycles. The van der Waals surface area contributed by atoms with Crippen molar-refractivity contribution in [1.29, 1.82) is 0 Å². The van der Waals surface area contributed by atoms with Crippen LogP contribution in [0.5, 0.6) is 0 Å². The molecular formula is C10H12ClFO5S. The fourth-order valence-corrected chi connectivity index (χ4v) is 0.898. The van der Waals surface area contributed by atoms with Crippen LogP contribution in [0.15, 0.2) is 24.3 Å². The molecule has 0 bridgehead atoms. The van der Waals surface area contributed by atoms with Crippen LogP contribution in [0.1, 0.15) is 24.2 Å². The van der Waals surface area contributed by atoms with E-state index < -0.39 is 21.1 Å². The normalized spacial score (nSPS) is 10.6. The predicted octanol–water partition coefficient (Wildman–Crippen LogP) is 2.42. The van der Waals surface area contributed by atoms with Crippen molar-refractivity contribution < 1.29 is 26.9 Å². The third-order valence-electron chi connectivity index (χ3n) is 1.40. The Morgan fingerprint density at radius 2 is 1.94 bits per heavy atom. The van der Waals surface area contributed by atoms with Gasteiger partial charge in [0.25, 0.3) is 0 Å². The van der Waals surface area contributed by atoms with Crippen LogP contribution in [0.3, 0.4) is 0 Å². The van der Waals surface area contributed by atoms with Gasteiger partial charge in [-0.15, -0.1) is 0 Å². The first-order valence-corrected chi connectivity index (χ1v) is 7.00. The average Bonchev–Trinajstić information content (AvgIpc) is 2.13. The molecule has 0 aliphatic carbocycles. The molecule has 0 saturated heterocycles. The minimum absolute atomic E-state index is 0.184. The summed E-state index contributed by atoms with van der Waals surface area (Å²) in [6, 6.07) is 5.44. The Morgan fingerprint density at radius 1 is 1.44 bits per heavy atom. The Kier molecular flexibility index (Phi) is 6.82. The lowest BCUT2D eigenvalue weighted by Crippen LogP contribution is -2.11. The molecule has 0 spiro atoms. The van der Waals surface area contributed by atoms with Gasteiger partial charge in [0.05, 0.1) is 11.7 Å². The van der Waals surface area contributed by atoms with E-state index in [9.17, 15) is 9.18 Å². The lowest BCUT2D eigenvalue weighted by molar-refractivity contribution is 0.0377. The van der Waals surface area contributed by atoms with Gasteiger partial charge < -0.3 is 4.74 Å². The fraction of sp³-hybridized carbons (Fsp3) is 0.300. The number of rotatable bonds is 2. The highest BCUT2D eigenvalue weighted by molar-refractivity contribution is 8.09. The van der Waals surface area contributed by atoms with Gasteiger partial charge in [-0.1, -0.05) is 6.07 Å². The Bertz CT molecular complexity index is 493. The molecule has 18 heavy (non-hydrogen) atoms. The van der Waals surface area contributed by atoms with Gasteiger partial charge >= 0.3 is 15.3 Å². The summed E-state index contributed by atoms with van der Waals surface area (Å²) in [7, 11) is -0.137. The molecule has 0 fully saturated rings. The zero-order valence-electron chi connectivity index (χ0n) is 9.63. The summed E-state index contributed by atoms with van der Waals surface area (Å²) in [6.07, 6.45) is -0.184. The number of ether oxygens (including phenoxy) is 1. The highest BCUT2D eigenvalue weighted by Crippen LogP contribution is 2.06. The van der Waals surface area contributed by atoms with Gasteiger partial charge in [-0.2, -0.15) is 8.42 Å². The molecule has 0 saturated carbocycles. The van der Waals surface area contributed by atoms with Crippen LogP contribution in [-0.4, -0.2) is 25.0 Å². The molecule has 5 nitrogen and oxygen atoms in total. The maximum atomic E-state index is 12.7. The second kappa shape index (κ2) is 7.30. The molecule has 1 aromatic carbocycles. The van der Waals surface area contributed by atoms with Gasteiger partial charge in [-0.25, -0.2) is 9.18 Å². The summed E-state index contributed by atoms with van der Waals surface area (Å²) < 4.78 is 42.7. The summed E-state index contributed by atoms with van der Waals surface area (Å²) >= 11 is 0. The molecule has 0 atom stereocenters. The Labute approximate surface area is 109 Å². The van der Waals surface area contributed by atoms with Gasteiger partial charge in [0.1, 0.15) is 5.82 Å². The number of hydrogen-bond donors (Lipinski definition) is 1.